The fraction of sp³-hybridized carbons (Fsp3) is 0.577. The van der Waals surface area contributed by atoms with Gasteiger partial charge in [0, 0.05) is 31.7 Å². The largest absolute Gasteiger partial charge is 0.461 e. The van der Waals surface area contributed by atoms with Crippen molar-refractivity contribution in [2.45, 2.75) is 59.9 Å². The molecule has 1 aromatic carbocycles. The summed E-state index contributed by atoms with van der Waals surface area (Å²) in [5.74, 6) is -0.350. The topological polar surface area (TPSA) is 82.5 Å². The van der Waals surface area contributed by atoms with Crippen LogP contribution in [0.15, 0.2) is 24.3 Å². The first-order valence-corrected chi connectivity index (χ1v) is 11.9. The second-order valence-corrected chi connectivity index (χ2v) is 10.4. The molecule has 4 rings (SSSR count). The normalized spacial score (nSPS) is 17.9. The minimum Gasteiger partial charge on any atom is -0.461 e. The van der Waals surface area contributed by atoms with Crippen LogP contribution in [0.3, 0.4) is 0 Å². The first kappa shape index (κ1) is 23.5. The van der Waals surface area contributed by atoms with Gasteiger partial charge in [0.05, 0.1) is 29.1 Å². The number of esters is 1. The lowest BCUT2D eigenvalue weighted by Crippen LogP contribution is -2.41. The Hall–Kier alpha value is -2.67. The summed E-state index contributed by atoms with van der Waals surface area (Å²) in [6.45, 7) is 11.1. The number of aromatic nitrogens is 2. The third-order valence-electron chi connectivity index (χ3n) is 6.87. The van der Waals surface area contributed by atoms with Gasteiger partial charge < -0.3 is 14.8 Å². The van der Waals surface area contributed by atoms with E-state index in [9.17, 15) is 9.59 Å². The van der Waals surface area contributed by atoms with Crippen molar-refractivity contribution in [1.82, 2.24) is 15.1 Å². The Balaban J connectivity index is 1.54. The van der Waals surface area contributed by atoms with Crippen LogP contribution in [0.1, 0.15) is 71.3 Å². The molecule has 2 aliphatic heterocycles. The van der Waals surface area contributed by atoms with Gasteiger partial charge in [0.15, 0.2) is 0 Å². The zero-order valence-corrected chi connectivity index (χ0v) is 20.2. The number of hydrogen-bond donors (Lipinski definition) is 1. The Labute approximate surface area is 195 Å². The van der Waals surface area contributed by atoms with Crippen molar-refractivity contribution in [2.75, 3.05) is 26.4 Å². The lowest BCUT2D eigenvalue weighted by Gasteiger charge is -2.36. The van der Waals surface area contributed by atoms with Crippen LogP contribution in [-0.4, -0.2) is 48.0 Å². The molecule has 1 saturated heterocycles. The van der Waals surface area contributed by atoms with Gasteiger partial charge in [-0.2, -0.15) is 5.10 Å². The number of ether oxygens (including phenoxy) is 2. The Kier molecular flexibility index (Phi) is 6.61. The summed E-state index contributed by atoms with van der Waals surface area (Å²) in [4.78, 5) is 25.5. The lowest BCUT2D eigenvalue weighted by molar-refractivity contribution is 0.0145. The molecule has 0 aliphatic carbocycles. The maximum atomic E-state index is 13.0. The van der Waals surface area contributed by atoms with Crippen LogP contribution in [0.25, 0.3) is 0 Å². The number of carbonyl (C=O) groups excluding carboxylic acids is 2. The van der Waals surface area contributed by atoms with E-state index in [2.05, 4.69) is 19.2 Å². The molecule has 0 atom stereocenters. The van der Waals surface area contributed by atoms with Gasteiger partial charge in [0.2, 0.25) is 0 Å². The van der Waals surface area contributed by atoms with Gasteiger partial charge in [-0.05, 0) is 50.2 Å². The van der Waals surface area contributed by atoms with Gasteiger partial charge in [-0.25, -0.2) is 4.79 Å². The minimum absolute atomic E-state index is 0.00397. The summed E-state index contributed by atoms with van der Waals surface area (Å²) in [5.41, 5.74) is 3.87. The number of carbonyl (C=O) groups is 2. The zero-order valence-electron chi connectivity index (χ0n) is 20.2. The van der Waals surface area contributed by atoms with Gasteiger partial charge >= 0.3 is 5.97 Å². The van der Waals surface area contributed by atoms with E-state index < -0.39 is 0 Å². The predicted octanol–water partition coefficient (Wildman–Crippen LogP) is 3.72. The van der Waals surface area contributed by atoms with Crippen LogP contribution in [0.5, 0.6) is 0 Å². The van der Waals surface area contributed by atoms with Gasteiger partial charge in [-0.15, -0.1) is 0 Å². The van der Waals surface area contributed by atoms with Crippen LogP contribution < -0.4 is 5.32 Å². The van der Waals surface area contributed by atoms with Crippen molar-refractivity contribution in [3.8, 4) is 0 Å². The third kappa shape index (κ3) is 5.13. The second-order valence-electron chi connectivity index (χ2n) is 10.4. The molecule has 1 N–H and O–H groups in total. The quantitative estimate of drug-likeness (QED) is 0.674. The van der Waals surface area contributed by atoms with Gasteiger partial charge in [-0.1, -0.05) is 38.5 Å². The summed E-state index contributed by atoms with van der Waals surface area (Å²) in [6, 6.07) is 7.39. The maximum Gasteiger partial charge on any atom is 0.338 e. The minimum atomic E-state index is -0.350. The van der Waals surface area contributed by atoms with Gasteiger partial charge in [0.25, 0.3) is 5.91 Å². The standard InChI is InChI=1S/C26H35N3O4/c1-5-20-22-21(14-26(15-27-23(22)30)10-12-32-13-11-26)29(28-20)16-25(3,4)17-33-24(31)19-8-6-18(2)7-9-19/h6-9H,5,10-17H2,1-4H3,(H,27,30). The molecule has 7 heteroatoms. The number of benzene rings is 1. The summed E-state index contributed by atoms with van der Waals surface area (Å²) >= 11 is 0. The number of fused-ring (bicyclic) bond motifs is 1. The highest BCUT2D eigenvalue weighted by atomic mass is 16.5. The monoisotopic (exact) mass is 453 g/mol. The predicted molar refractivity (Wildman–Crippen MR) is 125 cm³/mol. The van der Waals surface area contributed by atoms with E-state index in [1.165, 1.54) is 0 Å². The lowest BCUT2D eigenvalue weighted by atomic mass is 9.76. The van der Waals surface area contributed by atoms with Crippen molar-refractivity contribution in [2.24, 2.45) is 10.8 Å². The SMILES string of the molecule is CCc1nn(CC(C)(C)COC(=O)c2ccc(C)cc2)c2c1C(=O)NCC1(CCOCC1)C2. The molecule has 1 fully saturated rings. The maximum absolute atomic E-state index is 13.0. The molecule has 2 aromatic rings. The molecule has 1 amide bonds. The van der Waals surface area contributed by atoms with Crippen molar-refractivity contribution < 1.29 is 19.1 Å². The molecule has 2 aliphatic rings. The van der Waals surface area contributed by atoms with E-state index in [1.807, 2.05) is 30.7 Å². The molecule has 7 nitrogen and oxygen atoms in total. The first-order chi connectivity index (χ1) is 15.7. The number of hydrogen-bond acceptors (Lipinski definition) is 5. The fourth-order valence-electron chi connectivity index (χ4n) is 4.79. The van der Waals surface area contributed by atoms with E-state index in [1.54, 1.807) is 12.1 Å². The molecule has 33 heavy (non-hydrogen) atoms. The zero-order chi connectivity index (χ0) is 23.6. The highest BCUT2D eigenvalue weighted by molar-refractivity contribution is 5.97. The van der Waals surface area contributed by atoms with E-state index >= 15 is 0 Å². The van der Waals surface area contributed by atoms with Crippen molar-refractivity contribution in [1.29, 1.82) is 0 Å². The van der Waals surface area contributed by atoms with Crippen molar-refractivity contribution in [3.63, 3.8) is 0 Å². The average molecular weight is 454 g/mol. The number of aryl methyl sites for hydroxylation is 2. The van der Waals surface area contributed by atoms with Crippen LogP contribution in [0.4, 0.5) is 0 Å². The molecular formula is C26H35N3O4. The van der Waals surface area contributed by atoms with Crippen LogP contribution in [0.2, 0.25) is 0 Å². The van der Waals surface area contributed by atoms with Crippen LogP contribution in [0, 0.1) is 17.8 Å². The molecule has 0 radical (unpaired) electrons. The molecule has 1 aromatic heterocycles. The highest BCUT2D eigenvalue weighted by Crippen LogP contribution is 2.38. The van der Waals surface area contributed by atoms with E-state index in [0.717, 1.165) is 55.0 Å². The number of amides is 1. The average Bonchev–Trinajstić information content (AvgIpc) is 3.05. The number of nitrogens with zero attached hydrogens (tertiary/aromatic N) is 2. The van der Waals surface area contributed by atoms with Crippen LogP contribution in [-0.2, 0) is 28.9 Å². The Morgan fingerprint density at radius 2 is 1.94 bits per heavy atom. The fourth-order valence-corrected chi connectivity index (χ4v) is 4.79. The van der Waals surface area contributed by atoms with E-state index in [4.69, 9.17) is 14.6 Å². The number of rotatable bonds is 6. The second kappa shape index (κ2) is 9.29. The molecule has 0 bridgehead atoms. The van der Waals surface area contributed by atoms with Crippen molar-refractivity contribution >= 4 is 11.9 Å². The Morgan fingerprint density at radius 1 is 1.24 bits per heavy atom. The van der Waals surface area contributed by atoms with E-state index in [-0.39, 0.29) is 29.3 Å². The Morgan fingerprint density at radius 3 is 2.61 bits per heavy atom. The molecule has 0 unspecified atom stereocenters. The number of nitrogens with one attached hydrogen (secondary N) is 1. The summed E-state index contributed by atoms with van der Waals surface area (Å²) in [7, 11) is 0. The van der Waals surface area contributed by atoms with Crippen molar-refractivity contribution in [3.05, 3.63) is 52.3 Å². The third-order valence-corrected chi connectivity index (χ3v) is 6.87. The van der Waals surface area contributed by atoms with E-state index in [0.29, 0.717) is 25.1 Å². The molecule has 178 valence electrons. The van der Waals surface area contributed by atoms with Gasteiger partial charge in [0.1, 0.15) is 0 Å². The Bertz CT molecular complexity index is 1020. The summed E-state index contributed by atoms with van der Waals surface area (Å²) in [6.07, 6.45) is 3.35. The molecule has 0 saturated carbocycles. The smallest absolute Gasteiger partial charge is 0.338 e. The summed E-state index contributed by atoms with van der Waals surface area (Å²) in [5, 5.41) is 8.00. The molecule has 1 spiro atoms. The highest BCUT2D eigenvalue weighted by Gasteiger charge is 2.40. The molecule has 3 heterocycles. The summed E-state index contributed by atoms with van der Waals surface area (Å²) < 4.78 is 13.3. The molecular weight excluding hydrogens is 418 g/mol. The van der Waals surface area contributed by atoms with Gasteiger partial charge in [-0.3, -0.25) is 9.48 Å². The van der Waals surface area contributed by atoms with Crippen LogP contribution >= 0.6 is 0 Å². The first-order valence-electron chi connectivity index (χ1n) is 11.9.